The summed E-state index contributed by atoms with van der Waals surface area (Å²) in [4.78, 5) is 17.7. The molecule has 0 atom stereocenters. The third-order valence-electron chi connectivity index (χ3n) is 3.13. The first-order valence-electron chi connectivity index (χ1n) is 7.62. The Kier molecular flexibility index (Phi) is 5.62. The number of hydrogen-bond donors (Lipinski definition) is 0. The zero-order valence-electron chi connectivity index (χ0n) is 14.3. The fourth-order valence-electron chi connectivity index (χ4n) is 1.94. The number of amides is 1. The standard InChI is InChI=1S/C19H21ClN2O2/c1-19(2,3)24-18(23)22(4)16-12-9-14(10-13-16)8-11-15-6-5-7-17(20)21-15/h5-13H,1-4H3. The molecule has 0 spiro atoms. The van der Waals surface area contributed by atoms with Crippen molar-refractivity contribution in [1.29, 1.82) is 0 Å². The van der Waals surface area contributed by atoms with Crippen molar-refractivity contribution in [2.75, 3.05) is 11.9 Å². The zero-order valence-corrected chi connectivity index (χ0v) is 15.0. The molecule has 4 nitrogen and oxygen atoms in total. The van der Waals surface area contributed by atoms with E-state index in [-0.39, 0.29) is 6.09 Å². The maximum Gasteiger partial charge on any atom is 0.414 e. The lowest BCUT2D eigenvalue weighted by Crippen LogP contribution is -2.34. The predicted octanol–water partition coefficient (Wildman–Crippen LogP) is 5.28. The van der Waals surface area contributed by atoms with Gasteiger partial charge in [0.05, 0.1) is 5.69 Å². The van der Waals surface area contributed by atoms with Gasteiger partial charge in [-0.15, -0.1) is 0 Å². The molecule has 0 N–H and O–H groups in total. The van der Waals surface area contributed by atoms with E-state index in [4.69, 9.17) is 16.3 Å². The van der Waals surface area contributed by atoms with Crippen LogP contribution in [0.1, 0.15) is 32.0 Å². The molecule has 24 heavy (non-hydrogen) atoms. The zero-order chi connectivity index (χ0) is 17.7. The van der Waals surface area contributed by atoms with Gasteiger partial charge < -0.3 is 4.74 Å². The first-order chi connectivity index (χ1) is 11.2. The van der Waals surface area contributed by atoms with E-state index in [1.807, 2.05) is 69.3 Å². The van der Waals surface area contributed by atoms with Crippen LogP contribution in [-0.2, 0) is 4.74 Å². The Morgan fingerprint density at radius 1 is 1.12 bits per heavy atom. The second-order valence-electron chi connectivity index (χ2n) is 6.35. The smallest absolute Gasteiger partial charge is 0.414 e. The van der Waals surface area contributed by atoms with Crippen molar-refractivity contribution in [3.05, 3.63) is 58.9 Å². The molecule has 0 fully saturated rings. The summed E-state index contributed by atoms with van der Waals surface area (Å²) in [6.07, 6.45) is 3.45. The second-order valence-corrected chi connectivity index (χ2v) is 6.74. The van der Waals surface area contributed by atoms with Gasteiger partial charge >= 0.3 is 6.09 Å². The van der Waals surface area contributed by atoms with Crippen LogP contribution in [0.3, 0.4) is 0 Å². The van der Waals surface area contributed by atoms with Crippen molar-refractivity contribution in [3.8, 4) is 0 Å². The molecule has 1 aromatic heterocycles. The predicted molar refractivity (Wildman–Crippen MR) is 99.3 cm³/mol. The van der Waals surface area contributed by atoms with Gasteiger partial charge in [0, 0.05) is 12.7 Å². The summed E-state index contributed by atoms with van der Waals surface area (Å²) >= 11 is 5.86. The van der Waals surface area contributed by atoms with Crippen LogP contribution >= 0.6 is 11.6 Å². The van der Waals surface area contributed by atoms with Gasteiger partial charge in [0.25, 0.3) is 0 Å². The summed E-state index contributed by atoms with van der Waals surface area (Å²) in [7, 11) is 1.69. The van der Waals surface area contributed by atoms with Crippen molar-refractivity contribution >= 4 is 35.5 Å². The number of benzene rings is 1. The first kappa shape index (κ1) is 18.0. The molecule has 0 bridgehead atoms. The molecule has 0 saturated heterocycles. The minimum Gasteiger partial charge on any atom is -0.443 e. The number of pyridine rings is 1. The van der Waals surface area contributed by atoms with E-state index in [0.29, 0.717) is 5.15 Å². The lowest BCUT2D eigenvalue weighted by Gasteiger charge is -2.24. The van der Waals surface area contributed by atoms with Crippen LogP contribution in [0.4, 0.5) is 10.5 Å². The highest BCUT2D eigenvalue weighted by Crippen LogP contribution is 2.18. The van der Waals surface area contributed by atoms with E-state index in [1.165, 1.54) is 4.90 Å². The Morgan fingerprint density at radius 2 is 1.79 bits per heavy atom. The number of anilines is 1. The largest absolute Gasteiger partial charge is 0.443 e. The molecule has 1 amide bonds. The van der Waals surface area contributed by atoms with Crippen LogP contribution < -0.4 is 4.90 Å². The summed E-state index contributed by atoms with van der Waals surface area (Å²) in [5.41, 5.74) is 2.04. The lowest BCUT2D eigenvalue weighted by molar-refractivity contribution is 0.0589. The summed E-state index contributed by atoms with van der Waals surface area (Å²) in [6, 6.07) is 13.1. The average molecular weight is 345 g/mol. The van der Waals surface area contributed by atoms with E-state index < -0.39 is 5.60 Å². The van der Waals surface area contributed by atoms with Crippen molar-refractivity contribution in [2.45, 2.75) is 26.4 Å². The maximum absolute atomic E-state index is 12.1. The van der Waals surface area contributed by atoms with Crippen LogP contribution in [0.2, 0.25) is 5.15 Å². The van der Waals surface area contributed by atoms with Crippen molar-refractivity contribution in [1.82, 2.24) is 4.98 Å². The second kappa shape index (κ2) is 7.49. The molecule has 2 rings (SSSR count). The number of aromatic nitrogens is 1. The number of nitrogens with zero attached hydrogens (tertiary/aromatic N) is 2. The van der Waals surface area contributed by atoms with E-state index in [0.717, 1.165) is 16.9 Å². The van der Waals surface area contributed by atoms with Gasteiger partial charge in [-0.2, -0.15) is 0 Å². The third kappa shape index (κ3) is 5.39. The molecular weight excluding hydrogens is 324 g/mol. The van der Waals surface area contributed by atoms with Crippen LogP contribution in [0.5, 0.6) is 0 Å². The van der Waals surface area contributed by atoms with Gasteiger partial charge in [0.1, 0.15) is 10.8 Å². The van der Waals surface area contributed by atoms with Crippen molar-refractivity contribution in [3.63, 3.8) is 0 Å². The molecule has 0 aliphatic carbocycles. The number of rotatable bonds is 3. The van der Waals surface area contributed by atoms with Crippen LogP contribution in [-0.4, -0.2) is 23.7 Å². The summed E-state index contributed by atoms with van der Waals surface area (Å²) < 4.78 is 5.35. The topological polar surface area (TPSA) is 42.4 Å². The Labute approximate surface area is 147 Å². The first-order valence-corrected chi connectivity index (χ1v) is 8.00. The molecule has 0 aliphatic heterocycles. The highest BCUT2D eigenvalue weighted by Gasteiger charge is 2.20. The Balaban J connectivity index is 2.06. The number of carbonyl (C=O) groups is 1. The Bertz CT molecular complexity index is 734. The SMILES string of the molecule is CN(C(=O)OC(C)(C)C)c1ccc(C=Cc2cccc(Cl)n2)cc1. The lowest BCUT2D eigenvalue weighted by atomic mass is 10.1. The molecule has 0 radical (unpaired) electrons. The summed E-state index contributed by atoms with van der Waals surface area (Å²) in [5.74, 6) is 0. The molecule has 1 aromatic carbocycles. The van der Waals surface area contributed by atoms with E-state index >= 15 is 0 Å². The Hall–Kier alpha value is -2.33. The monoisotopic (exact) mass is 344 g/mol. The summed E-state index contributed by atoms with van der Waals surface area (Å²) in [5, 5.41) is 0.464. The fourth-order valence-corrected chi connectivity index (χ4v) is 2.11. The number of carbonyl (C=O) groups excluding carboxylic acids is 1. The Morgan fingerprint density at radius 3 is 2.38 bits per heavy atom. The highest BCUT2D eigenvalue weighted by molar-refractivity contribution is 6.29. The van der Waals surface area contributed by atoms with Crippen molar-refractivity contribution in [2.24, 2.45) is 0 Å². The molecule has 2 aromatic rings. The van der Waals surface area contributed by atoms with E-state index in [9.17, 15) is 4.79 Å². The number of hydrogen-bond acceptors (Lipinski definition) is 3. The van der Waals surface area contributed by atoms with Gasteiger partial charge in [-0.1, -0.05) is 35.9 Å². The molecule has 1 heterocycles. The van der Waals surface area contributed by atoms with Gasteiger partial charge in [-0.25, -0.2) is 9.78 Å². The highest BCUT2D eigenvalue weighted by atomic mass is 35.5. The minimum atomic E-state index is -0.516. The van der Waals surface area contributed by atoms with Crippen LogP contribution in [0.15, 0.2) is 42.5 Å². The van der Waals surface area contributed by atoms with Gasteiger partial charge in [0.2, 0.25) is 0 Å². The molecule has 0 unspecified atom stereocenters. The quantitative estimate of drug-likeness (QED) is 0.712. The number of halogens is 1. The van der Waals surface area contributed by atoms with Crippen molar-refractivity contribution < 1.29 is 9.53 Å². The third-order valence-corrected chi connectivity index (χ3v) is 3.34. The van der Waals surface area contributed by atoms with Crippen LogP contribution in [0, 0.1) is 0 Å². The fraction of sp³-hybridized carbons (Fsp3) is 0.263. The van der Waals surface area contributed by atoms with E-state index in [1.54, 1.807) is 13.1 Å². The molecule has 0 aliphatic rings. The molecule has 126 valence electrons. The summed E-state index contributed by atoms with van der Waals surface area (Å²) in [6.45, 7) is 5.53. The van der Waals surface area contributed by atoms with E-state index in [2.05, 4.69) is 4.98 Å². The minimum absolute atomic E-state index is 0.381. The number of ether oxygens (including phenoxy) is 1. The molecule has 0 saturated carbocycles. The molecule has 5 heteroatoms. The molecular formula is C19H21ClN2O2. The van der Waals surface area contributed by atoms with Crippen LogP contribution in [0.25, 0.3) is 12.2 Å². The van der Waals surface area contributed by atoms with Gasteiger partial charge in [-0.05, 0) is 56.7 Å². The van der Waals surface area contributed by atoms with Gasteiger partial charge in [-0.3, -0.25) is 4.90 Å². The average Bonchev–Trinajstić information content (AvgIpc) is 2.51. The normalized spacial score (nSPS) is 11.5. The van der Waals surface area contributed by atoms with Gasteiger partial charge in [0.15, 0.2) is 0 Å². The maximum atomic E-state index is 12.1.